The van der Waals surface area contributed by atoms with E-state index in [0.29, 0.717) is 18.9 Å². The third kappa shape index (κ3) is 6.54. The Balaban J connectivity index is 1.52. The molecule has 1 fully saturated rings. The first kappa shape index (κ1) is 25.5. The molecule has 0 bridgehead atoms. The van der Waals surface area contributed by atoms with E-state index in [1.807, 2.05) is 30.3 Å². The van der Waals surface area contributed by atoms with Gasteiger partial charge in [-0.3, -0.25) is 4.79 Å². The molecule has 0 saturated carbocycles. The predicted octanol–water partition coefficient (Wildman–Crippen LogP) is 4.66. The highest BCUT2D eigenvalue weighted by molar-refractivity contribution is 7.89. The smallest absolute Gasteiger partial charge is 0.245 e. The van der Waals surface area contributed by atoms with Crippen molar-refractivity contribution in [2.75, 3.05) is 43.1 Å². The summed E-state index contributed by atoms with van der Waals surface area (Å²) in [5.74, 6) is -0.471. The minimum atomic E-state index is -4.12. The van der Waals surface area contributed by atoms with Gasteiger partial charge in [-0.1, -0.05) is 53.5 Å². The third-order valence-corrected chi connectivity index (χ3v) is 8.07. The first-order chi connectivity index (χ1) is 16.8. The molecule has 1 saturated heterocycles. The predicted molar refractivity (Wildman–Crippen MR) is 139 cm³/mol. The van der Waals surface area contributed by atoms with Gasteiger partial charge in [0.1, 0.15) is 4.90 Å². The highest BCUT2D eigenvalue weighted by atomic mass is 35.5. The fraction of sp³-hybridized carbons (Fsp3) is 0.240. The molecular weight excluding hydrogens is 509 g/mol. The van der Waals surface area contributed by atoms with Crippen LogP contribution in [0.5, 0.6) is 0 Å². The van der Waals surface area contributed by atoms with Gasteiger partial charge >= 0.3 is 0 Å². The zero-order chi connectivity index (χ0) is 24.8. The van der Waals surface area contributed by atoms with Gasteiger partial charge in [0.15, 0.2) is 0 Å². The van der Waals surface area contributed by atoms with Crippen LogP contribution < -0.4 is 10.2 Å². The number of hydrogen-bond acceptors (Lipinski definition) is 5. The minimum absolute atomic E-state index is 0.00456. The molecule has 184 valence electrons. The van der Waals surface area contributed by atoms with E-state index in [1.165, 1.54) is 18.2 Å². The number of amides is 1. The summed E-state index contributed by atoms with van der Waals surface area (Å²) < 4.78 is 33.5. The molecule has 0 atom stereocenters. The number of carbonyl (C=O) groups excluding carboxylic acids is 1. The van der Waals surface area contributed by atoms with E-state index < -0.39 is 22.5 Å². The number of ether oxygens (including phenoxy) is 1. The van der Waals surface area contributed by atoms with Crippen LogP contribution >= 0.6 is 23.2 Å². The average Bonchev–Trinajstić information content (AvgIpc) is 2.86. The summed E-state index contributed by atoms with van der Waals surface area (Å²) in [4.78, 5) is 15.0. The summed E-state index contributed by atoms with van der Waals surface area (Å²) in [7, 11) is -4.12. The van der Waals surface area contributed by atoms with Crippen molar-refractivity contribution in [1.29, 1.82) is 0 Å². The molecular formula is C25H25Cl2N3O4S. The molecule has 10 heteroatoms. The van der Waals surface area contributed by atoms with Gasteiger partial charge in [-0.25, -0.2) is 8.42 Å². The number of rotatable bonds is 8. The van der Waals surface area contributed by atoms with Crippen LogP contribution in [-0.2, 0) is 26.1 Å². The Morgan fingerprint density at radius 1 is 0.971 bits per heavy atom. The lowest BCUT2D eigenvalue weighted by molar-refractivity contribution is -0.116. The Morgan fingerprint density at radius 3 is 2.34 bits per heavy atom. The molecule has 0 spiro atoms. The Hall–Kier alpha value is -2.62. The first-order valence-corrected chi connectivity index (χ1v) is 13.2. The van der Waals surface area contributed by atoms with E-state index in [4.69, 9.17) is 27.9 Å². The quantitative estimate of drug-likeness (QED) is 0.455. The second-order valence-electron chi connectivity index (χ2n) is 8.03. The van der Waals surface area contributed by atoms with Crippen molar-refractivity contribution in [2.45, 2.75) is 11.4 Å². The lowest BCUT2D eigenvalue weighted by atomic mass is 10.2. The molecule has 7 nitrogen and oxygen atoms in total. The van der Waals surface area contributed by atoms with E-state index in [2.05, 4.69) is 10.2 Å². The maximum absolute atomic E-state index is 13.5. The van der Waals surface area contributed by atoms with Gasteiger partial charge in [-0.2, -0.15) is 4.31 Å². The van der Waals surface area contributed by atoms with Crippen molar-refractivity contribution in [3.8, 4) is 0 Å². The molecule has 3 aromatic carbocycles. The first-order valence-electron chi connectivity index (χ1n) is 11.0. The summed E-state index contributed by atoms with van der Waals surface area (Å²) >= 11 is 12.2. The largest absolute Gasteiger partial charge is 0.378 e. The third-order valence-electron chi connectivity index (χ3n) is 5.56. The molecule has 0 radical (unpaired) electrons. The molecule has 0 aliphatic carbocycles. The lowest BCUT2D eigenvalue weighted by Crippen LogP contribution is -2.37. The maximum Gasteiger partial charge on any atom is 0.245 e. The van der Waals surface area contributed by atoms with E-state index in [-0.39, 0.29) is 21.5 Å². The highest BCUT2D eigenvalue weighted by Crippen LogP contribution is 2.29. The summed E-state index contributed by atoms with van der Waals surface area (Å²) in [6, 6.07) is 20.7. The Labute approximate surface area is 215 Å². The zero-order valence-electron chi connectivity index (χ0n) is 18.9. The Morgan fingerprint density at radius 2 is 1.66 bits per heavy atom. The topological polar surface area (TPSA) is 79.0 Å². The Bertz CT molecular complexity index is 1270. The molecule has 3 aromatic rings. The van der Waals surface area contributed by atoms with Crippen LogP contribution in [-0.4, -0.2) is 51.5 Å². The number of anilines is 2. The van der Waals surface area contributed by atoms with Crippen molar-refractivity contribution in [3.05, 3.63) is 88.4 Å². The van der Waals surface area contributed by atoms with E-state index in [9.17, 15) is 13.2 Å². The molecule has 1 amide bonds. The fourth-order valence-electron chi connectivity index (χ4n) is 3.76. The zero-order valence-corrected chi connectivity index (χ0v) is 21.2. The molecule has 4 rings (SSSR count). The van der Waals surface area contributed by atoms with E-state index in [1.54, 1.807) is 24.3 Å². The van der Waals surface area contributed by atoms with Crippen molar-refractivity contribution in [2.24, 2.45) is 0 Å². The molecule has 1 heterocycles. The van der Waals surface area contributed by atoms with Crippen LogP contribution in [0.1, 0.15) is 5.56 Å². The molecule has 0 unspecified atom stereocenters. The van der Waals surface area contributed by atoms with Crippen molar-refractivity contribution in [1.82, 2.24) is 4.31 Å². The van der Waals surface area contributed by atoms with Crippen LogP contribution in [0.15, 0.2) is 77.7 Å². The van der Waals surface area contributed by atoms with Crippen molar-refractivity contribution >= 4 is 50.5 Å². The summed E-state index contributed by atoms with van der Waals surface area (Å²) in [5.41, 5.74) is 2.34. The SMILES string of the molecule is O=C(CN(Cc1ccccc1)S(=O)(=O)c1cc(Cl)ccc1Cl)Nc1ccc(N2CCOCC2)cc1. The van der Waals surface area contributed by atoms with Crippen LogP contribution in [0.3, 0.4) is 0 Å². The van der Waals surface area contributed by atoms with Crippen LogP contribution in [0.2, 0.25) is 10.0 Å². The lowest BCUT2D eigenvalue weighted by Gasteiger charge is -2.29. The number of sulfonamides is 1. The standard InChI is InChI=1S/C25H25Cl2N3O4S/c26-20-6-11-23(27)24(16-20)35(32,33)30(17-19-4-2-1-3-5-19)18-25(31)28-21-7-9-22(10-8-21)29-12-14-34-15-13-29/h1-11,16H,12-15,17-18H2,(H,28,31). The number of carbonyl (C=O) groups is 1. The monoisotopic (exact) mass is 533 g/mol. The van der Waals surface area contributed by atoms with Gasteiger partial charge in [-0.05, 0) is 48.0 Å². The average molecular weight is 534 g/mol. The second-order valence-corrected chi connectivity index (χ2v) is 10.8. The normalized spacial score (nSPS) is 14.2. The number of nitrogens with zero attached hydrogens (tertiary/aromatic N) is 2. The van der Waals surface area contributed by atoms with E-state index in [0.717, 1.165) is 28.6 Å². The molecule has 1 N–H and O–H groups in total. The number of benzene rings is 3. The van der Waals surface area contributed by atoms with Gasteiger partial charge in [-0.15, -0.1) is 0 Å². The number of hydrogen-bond donors (Lipinski definition) is 1. The van der Waals surface area contributed by atoms with Crippen LogP contribution in [0.25, 0.3) is 0 Å². The summed E-state index contributed by atoms with van der Waals surface area (Å²) in [6.45, 7) is 2.58. The van der Waals surface area contributed by atoms with Crippen LogP contribution in [0.4, 0.5) is 11.4 Å². The van der Waals surface area contributed by atoms with Gasteiger partial charge in [0.05, 0.1) is 24.8 Å². The molecule has 1 aliphatic heterocycles. The number of halogens is 2. The number of morpholine rings is 1. The highest BCUT2D eigenvalue weighted by Gasteiger charge is 2.29. The summed E-state index contributed by atoms with van der Waals surface area (Å²) in [5, 5.41) is 3.06. The van der Waals surface area contributed by atoms with Gasteiger partial charge in [0.2, 0.25) is 15.9 Å². The minimum Gasteiger partial charge on any atom is -0.378 e. The Kier molecular flexibility index (Phi) is 8.30. The molecule has 35 heavy (non-hydrogen) atoms. The fourth-order valence-corrected chi connectivity index (χ4v) is 5.89. The van der Waals surface area contributed by atoms with Crippen molar-refractivity contribution in [3.63, 3.8) is 0 Å². The summed E-state index contributed by atoms with van der Waals surface area (Å²) in [6.07, 6.45) is 0. The molecule has 0 aromatic heterocycles. The van der Waals surface area contributed by atoms with Gasteiger partial charge < -0.3 is 15.0 Å². The van der Waals surface area contributed by atoms with Gasteiger partial charge in [0.25, 0.3) is 0 Å². The van der Waals surface area contributed by atoms with Crippen LogP contribution in [0, 0.1) is 0 Å². The number of nitrogens with one attached hydrogen (secondary N) is 1. The van der Waals surface area contributed by atoms with Gasteiger partial charge in [0, 0.05) is 36.0 Å². The van der Waals surface area contributed by atoms with Crippen molar-refractivity contribution < 1.29 is 17.9 Å². The second kappa shape index (κ2) is 11.4. The van der Waals surface area contributed by atoms with E-state index >= 15 is 0 Å². The maximum atomic E-state index is 13.5. The molecule has 1 aliphatic rings.